The van der Waals surface area contributed by atoms with Crippen LogP contribution in [0, 0.1) is 0 Å². The maximum absolute atomic E-state index is 11.4. The second kappa shape index (κ2) is 6.03. The largest absolute Gasteiger partial charge is 0.267 e. The van der Waals surface area contributed by atoms with E-state index in [0.29, 0.717) is 15.3 Å². The van der Waals surface area contributed by atoms with Gasteiger partial charge in [-0.25, -0.2) is 18.5 Å². The molecule has 9 heteroatoms. The van der Waals surface area contributed by atoms with Gasteiger partial charge in [0, 0.05) is 5.56 Å². The van der Waals surface area contributed by atoms with Crippen molar-refractivity contribution >= 4 is 42.3 Å². The molecular formula is C16H11BrN4O2S2. The van der Waals surface area contributed by atoms with Crippen molar-refractivity contribution in [2.45, 2.75) is 4.34 Å². The zero-order valence-corrected chi connectivity index (χ0v) is 15.8. The monoisotopic (exact) mass is 434 g/mol. The van der Waals surface area contributed by atoms with Gasteiger partial charge in [0.05, 0.1) is 0 Å². The Balaban J connectivity index is 1.75. The van der Waals surface area contributed by atoms with Gasteiger partial charge < -0.3 is 0 Å². The Morgan fingerprint density at radius 1 is 0.960 bits per heavy atom. The first-order valence-electron chi connectivity index (χ1n) is 7.17. The van der Waals surface area contributed by atoms with Crippen LogP contribution in [0.2, 0.25) is 0 Å². The highest BCUT2D eigenvalue weighted by Gasteiger charge is 2.20. The van der Waals surface area contributed by atoms with Crippen molar-refractivity contribution in [2.24, 2.45) is 5.14 Å². The number of aromatic nitrogens is 3. The van der Waals surface area contributed by atoms with Crippen molar-refractivity contribution in [3.63, 3.8) is 0 Å². The van der Waals surface area contributed by atoms with E-state index in [4.69, 9.17) is 5.14 Å². The van der Waals surface area contributed by atoms with E-state index in [1.165, 1.54) is 4.52 Å². The number of nitrogens with zero attached hydrogens (tertiary/aromatic N) is 3. The predicted octanol–water partition coefficient (Wildman–Crippen LogP) is 3.53. The number of sulfonamides is 1. The van der Waals surface area contributed by atoms with Gasteiger partial charge in [0.25, 0.3) is 10.0 Å². The quantitative estimate of drug-likeness (QED) is 0.533. The summed E-state index contributed by atoms with van der Waals surface area (Å²) in [6.07, 6.45) is 0. The lowest BCUT2D eigenvalue weighted by molar-refractivity contribution is 0.595. The minimum Gasteiger partial charge on any atom is -0.223 e. The zero-order chi connectivity index (χ0) is 17.6. The Labute approximate surface area is 156 Å². The number of rotatable bonds is 3. The van der Waals surface area contributed by atoms with E-state index in [0.717, 1.165) is 28.0 Å². The van der Waals surface area contributed by atoms with Crippen molar-refractivity contribution in [1.82, 2.24) is 14.6 Å². The van der Waals surface area contributed by atoms with E-state index in [1.54, 1.807) is 0 Å². The van der Waals surface area contributed by atoms with Gasteiger partial charge >= 0.3 is 0 Å². The summed E-state index contributed by atoms with van der Waals surface area (Å²) in [5.74, 6) is 0. The third-order valence-electron chi connectivity index (χ3n) is 3.64. The van der Waals surface area contributed by atoms with Crippen LogP contribution in [0.25, 0.3) is 27.3 Å². The van der Waals surface area contributed by atoms with Gasteiger partial charge in [0.15, 0.2) is 0 Å². The van der Waals surface area contributed by atoms with Crippen LogP contribution in [0.4, 0.5) is 0 Å². The van der Waals surface area contributed by atoms with Crippen LogP contribution in [0.5, 0.6) is 0 Å². The molecule has 0 amide bonds. The predicted molar refractivity (Wildman–Crippen MR) is 101 cm³/mol. The molecule has 2 N–H and O–H groups in total. The maximum atomic E-state index is 11.4. The van der Waals surface area contributed by atoms with Crippen molar-refractivity contribution < 1.29 is 8.42 Å². The topological polar surface area (TPSA) is 90.4 Å². The van der Waals surface area contributed by atoms with Crippen LogP contribution < -0.4 is 5.14 Å². The lowest BCUT2D eigenvalue weighted by Crippen LogP contribution is -2.12. The molecule has 25 heavy (non-hydrogen) atoms. The summed E-state index contributed by atoms with van der Waals surface area (Å²) >= 11 is 4.37. The smallest absolute Gasteiger partial charge is 0.223 e. The SMILES string of the molecule is NS(=O)(=O)c1nn2c(Br)c(-c3ccc(-c4ccccc4)cc3)nc2s1. The Bertz CT molecular complexity index is 1170. The Kier molecular flexibility index (Phi) is 3.95. The Morgan fingerprint density at radius 3 is 2.16 bits per heavy atom. The minimum atomic E-state index is -3.84. The lowest BCUT2D eigenvalue weighted by atomic mass is 10.0. The summed E-state index contributed by atoms with van der Waals surface area (Å²) in [7, 11) is -3.84. The second-order valence-electron chi connectivity index (χ2n) is 5.30. The molecule has 0 radical (unpaired) electrons. The molecule has 0 saturated carbocycles. The number of imidazole rings is 1. The van der Waals surface area contributed by atoms with Gasteiger partial charge in [-0.15, -0.1) is 5.10 Å². The molecule has 2 aromatic heterocycles. The summed E-state index contributed by atoms with van der Waals surface area (Å²) in [5, 5.41) is 9.12. The molecular weight excluding hydrogens is 424 g/mol. The van der Waals surface area contributed by atoms with Crippen molar-refractivity contribution in [3.05, 3.63) is 59.2 Å². The fourth-order valence-electron chi connectivity index (χ4n) is 2.46. The summed E-state index contributed by atoms with van der Waals surface area (Å²) in [4.78, 5) is 4.93. The number of primary sulfonamides is 1. The molecule has 0 fully saturated rings. The van der Waals surface area contributed by atoms with Crippen molar-refractivity contribution in [3.8, 4) is 22.4 Å². The second-order valence-corrected chi connectivity index (χ2v) is 8.74. The molecule has 4 aromatic rings. The number of fused-ring (bicyclic) bond motifs is 1. The molecule has 0 saturated heterocycles. The molecule has 2 aromatic carbocycles. The van der Waals surface area contributed by atoms with Crippen LogP contribution in [0.3, 0.4) is 0 Å². The molecule has 0 spiro atoms. The molecule has 0 bridgehead atoms. The summed E-state index contributed by atoms with van der Waals surface area (Å²) in [6, 6.07) is 18.1. The molecule has 0 aliphatic heterocycles. The Morgan fingerprint density at radius 2 is 1.56 bits per heavy atom. The van der Waals surface area contributed by atoms with E-state index < -0.39 is 10.0 Å². The fourth-order valence-corrected chi connectivity index (χ4v) is 4.66. The normalized spacial score (nSPS) is 11.9. The molecule has 0 aliphatic rings. The average molecular weight is 435 g/mol. The molecule has 0 atom stereocenters. The van der Waals surface area contributed by atoms with Gasteiger partial charge in [-0.1, -0.05) is 65.9 Å². The van der Waals surface area contributed by atoms with Crippen molar-refractivity contribution in [2.75, 3.05) is 0 Å². The lowest BCUT2D eigenvalue weighted by Gasteiger charge is -2.03. The third-order valence-corrected chi connectivity index (χ3v) is 6.57. The van der Waals surface area contributed by atoms with Gasteiger partial charge in [0.1, 0.15) is 10.3 Å². The number of hydrogen-bond acceptors (Lipinski definition) is 5. The van der Waals surface area contributed by atoms with Gasteiger partial charge in [-0.2, -0.15) is 4.52 Å². The van der Waals surface area contributed by atoms with E-state index in [1.807, 2.05) is 42.5 Å². The number of benzene rings is 2. The summed E-state index contributed by atoms with van der Waals surface area (Å²) in [5.41, 5.74) is 3.84. The highest BCUT2D eigenvalue weighted by Crippen LogP contribution is 2.32. The molecule has 2 heterocycles. The first-order chi connectivity index (χ1) is 11.9. The van der Waals surface area contributed by atoms with Crippen LogP contribution >= 0.6 is 27.3 Å². The third kappa shape index (κ3) is 2.99. The fraction of sp³-hybridized carbons (Fsp3) is 0. The number of hydrogen-bond donors (Lipinski definition) is 1. The molecule has 4 rings (SSSR count). The first-order valence-corrected chi connectivity index (χ1v) is 10.3. The van der Waals surface area contributed by atoms with E-state index >= 15 is 0 Å². The molecule has 0 unspecified atom stereocenters. The van der Waals surface area contributed by atoms with Crippen LogP contribution in [0.15, 0.2) is 63.5 Å². The minimum absolute atomic E-state index is 0.165. The standard InChI is InChI=1S/C16H11BrN4O2S2/c17-14-13(19-15-21(14)20-16(24-15)25(18,22)23)12-8-6-11(7-9-12)10-4-2-1-3-5-10/h1-9H,(H2,18,22,23). The van der Waals surface area contributed by atoms with Gasteiger partial charge in [-0.05, 0) is 27.1 Å². The summed E-state index contributed by atoms with van der Waals surface area (Å²) in [6.45, 7) is 0. The molecule has 126 valence electrons. The number of nitrogens with two attached hydrogens (primary N) is 1. The van der Waals surface area contributed by atoms with Gasteiger partial charge in [-0.3, -0.25) is 0 Å². The first kappa shape index (κ1) is 16.4. The average Bonchev–Trinajstić information content (AvgIpc) is 3.16. The van der Waals surface area contributed by atoms with E-state index in [9.17, 15) is 8.42 Å². The summed E-state index contributed by atoms with van der Waals surface area (Å²) < 4.78 is 24.7. The number of halogens is 1. The van der Waals surface area contributed by atoms with E-state index in [-0.39, 0.29) is 4.34 Å². The maximum Gasteiger partial charge on any atom is 0.267 e. The van der Waals surface area contributed by atoms with Crippen molar-refractivity contribution in [1.29, 1.82) is 0 Å². The van der Waals surface area contributed by atoms with Crippen LogP contribution in [0.1, 0.15) is 0 Å². The van der Waals surface area contributed by atoms with Crippen LogP contribution in [-0.4, -0.2) is 23.0 Å². The van der Waals surface area contributed by atoms with Crippen LogP contribution in [-0.2, 0) is 10.0 Å². The molecule has 0 aliphatic carbocycles. The Hall–Kier alpha value is -2.07. The highest BCUT2D eigenvalue weighted by atomic mass is 79.9. The molecule has 6 nitrogen and oxygen atoms in total. The van der Waals surface area contributed by atoms with Gasteiger partial charge in [0.2, 0.25) is 9.30 Å². The zero-order valence-electron chi connectivity index (χ0n) is 12.6. The highest BCUT2D eigenvalue weighted by molar-refractivity contribution is 9.10. The van der Waals surface area contributed by atoms with E-state index in [2.05, 4.69) is 38.1 Å².